The molecule has 2 aromatic rings. The van der Waals surface area contributed by atoms with E-state index in [9.17, 15) is 0 Å². The molecule has 0 saturated heterocycles. The first-order chi connectivity index (χ1) is 11.2. The molecule has 144 valence electrons. The fourth-order valence-corrected chi connectivity index (χ4v) is 5.91. The first kappa shape index (κ1) is 29.2. The molecule has 0 nitrogen and oxygen atoms in total. The summed E-state index contributed by atoms with van der Waals surface area (Å²) in [4.78, 5) is 0. The molecule has 2 aromatic carbocycles. The summed E-state index contributed by atoms with van der Waals surface area (Å²) in [6.07, 6.45) is 9.09. The van der Waals surface area contributed by atoms with Gasteiger partial charge in [0.05, 0.1) is 9.52 Å². The van der Waals surface area contributed by atoms with E-state index in [0.717, 1.165) is 0 Å². The zero-order chi connectivity index (χ0) is 16.2. The zero-order valence-corrected chi connectivity index (χ0v) is 21.5. The van der Waals surface area contributed by atoms with E-state index in [1.807, 2.05) is 0 Å². The molecule has 0 aromatic heterocycles. The standard InChI is InChI=1S/C22H27Si.3ClH.Ti/c1-4-5-6-9-18-15-22(21-11-8-7-10-20(18)21)23-19-13-16(2)12-17(3)14-19;;;;/h7-8,10-14,18H,4-6,9,23H2,1-3H3;3*1H;/q-1;;;;+4/p-3. The molecule has 5 heteroatoms. The molecule has 0 amide bonds. The van der Waals surface area contributed by atoms with Crippen LogP contribution in [0.1, 0.15) is 60.8 Å². The maximum absolute atomic E-state index is 3.88. The summed E-state index contributed by atoms with van der Waals surface area (Å²) in [6, 6.07) is 16.0. The first-order valence-corrected chi connectivity index (χ1v) is 10.4. The van der Waals surface area contributed by atoms with Crippen molar-refractivity contribution in [1.29, 1.82) is 0 Å². The van der Waals surface area contributed by atoms with E-state index >= 15 is 0 Å². The Bertz CT molecular complexity index is 711. The summed E-state index contributed by atoms with van der Waals surface area (Å²) in [7, 11) is -0.441. The average molecular weight is 474 g/mol. The molecular formula is C22H27Cl3SiTi. The van der Waals surface area contributed by atoms with Crippen molar-refractivity contribution in [3.63, 3.8) is 0 Å². The second kappa shape index (κ2) is 14.0. The van der Waals surface area contributed by atoms with Crippen LogP contribution in [0, 0.1) is 19.9 Å². The molecule has 27 heavy (non-hydrogen) atoms. The maximum atomic E-state index is 3.88. The van der Waals surface area contributed by atoms with Gasteiger partial charge in [0.2, 0.25) is 0 Å². The van der Waals surface area contributed by atoms with Gasteiger partial charge in [-0.15, -0.1) is 11.6 Å². The molecule has 1 atom stereocenters. The van der Waals surface area contributed by atoms with Crippen LogP contribution in [-0.4, -0.2) is 9.52 Å². The van der Waals surface area contributed by atoms with E-state index in [-0.39, 0.29) is 58.9 Å². The van der Waals surface area contributed by atoms with Crippen LogP contribution in [-0.2, 0) is 21.7 Å². The predicted octanol–water partition coefficient (Wildman–Crippen LogP) is -4.37. The van der Waals surface area contributed by atoms with Crippen molar-refractivity contribution in [1.82, 2.24) is 0 Å². The number of benzene rings is 2. The Morgan fingerprint density at radius 1 is 0.926 bits per heavy atom. The van der Waals surface area contributed by atoms with E-state index in [1.54, 1.807) is 5.19 Å². The Balaban J connectivity index is 0. The largest absolute Gasteiger partial charge is 4.00 e. The van der Waals surface area contributed by atoms with E-state index in [2.05, 4.69) is 69.3 Å². The molecule has 1 unspecified atom stereocenters. The molecule has 0 fully saturated rings. The molecular weight excluding hydrogens is 447 g/mol. The van der Waals surface area contributed by atoms with Crippen LogP contribution < -0.4 is 42.4 Å². The van der Waals surface area contributed by atoms with Crippen molar-refractivity contribution >= 4 is 19.9 Å². The molecule has 1 aliphatic rings. The second-order valence-electron chi connectivity index (χ2n) is 6.93. The fourth-order valence-electron chi connectivity index (χ4n) is 3.79. The SMILES string of the molecule is CCCCCC1[C-]=C([SiH2]c2cc(C)cc(C)c2)c2ccccc21.[Cl-].[Cl-].[Cl-].[Ti+4]. The quantitative estimate of drug-likeness (QED) is 0.226. The van der Waals surface area contributed by atoms with Crippen LogP contribution in [0.3, 0.4) is 0 Å². The smallest absolute Gasteiger partial charge is 1.00 e. The van der Waals surface area contributed by atoms with Gasteiger partial charge in [-0.1, -0.05) is 91.2 Å². The summed E-state index contributed by atoms with van der Waals surface area (Å²) in [6.45, 7) is 6.69. The molecule has 0 heterocycles. The van der Waals surface area contributed by atoms with Gasteiger partial charge < -0.3 is 37.2 Å². The molecule has 0 spiro atoms. The maximum Gasteiger partial charge on any atom is 4.00 e. The molecule has 0 N–H and O–H groups in total. The van der Waals surface area contributed by atoms with E-state index in [1.165, 1.54) is 53.1 Å². The summed E-state index contributed by atoms with van der Waals surface area (Å²) >= 11 is 0. The van der Waals surface area contributed by atoms with Crippen molar-refractivity contribution in [2.24, 2.45) is 0 Å². The Labute approximate surface area is 200 Å². The van der Waals surface area contributed by atoms with Crippen molar-refractivity contribution < 1.29 is 58.9 Å². The fraction of sp³-hybridized carbons (Fsp3) is 0.364. The minimum Gasteiger partial charge on any atom is -1.00 e. The third kappa shape index (κ3) is 7.72. The summed E-state index contributed by atoms with van der Waals surface area (Å²) < 4.78 is 0. The van der Waals surface area contributed by atoms with Crippen LogP contribution in [0.15, 0.2) is 42.5 Å². The minimum atomic E-state index is -0.441. The Kier molecular flexibility index (Phi) is 15.2. The number of allylic oxidation sites excluding steroid dienone is 1. The van der Waals surface area contributed by atoms with Gasteiger partial charge in [0.1, 0.15) is 0 Å². The summed E-state index contributed by atoms with van der Waals surface area (Å²) in [5.74, 6) is 0.533. The summed E-state index contributed by atoms with van der Waals surface area (Å²) in [5.41, 5.74) is 5.79. The molecule has 0 aliphatic heterocycles. The Hall–Kier alpha value is -0.0188. The van der Waals surface area contributed by atoms with Crippen LogP contribution in [0.5, 0.6) is 0 Å². The number of halogens is 3. The number of unbranched alkanes of at least 4 members (excludes halogenated alkanes) is 2. The first-order valence-electron chi connectivity index (χ1n) is 8.96. The summed E-state index contributed by atoms with van der Waals surface area (Å²) in [5, 5.41) is 3.08. The third-order valence-electron chi connectivity index (χ3n) is 4.77. The Morgan fingerprint density at radius 2 is 1.56 bits per heavy atom. The van der Waals surface area contributed by atoms with Crippen LogP contribution in [0.2, 0.25) is 0 Å². The van der Waals surface area contributed by atoms with Gasteiger partial charge in [-0.05, 0) is 13.8 Å². The minimum absolute atomic E-state index is 0. The molecule has 0 bridgehead atoms. The number of hydrogen-bond donors (Lipinski definition) is 0. The van der Waals surface area contributed by atoms with Crippen molar-refractivity contribution in [3.05, 3.63) is 70.8 Å². The number of fused-ring (bicyclic) bond motifs is 1. The van der Waals surface area contributed by atoms with E-state index in [0.29, 0.717) is 5.92 Å². The molecule has 1 aliphatic carbocycles. The topological polar surface area (TPSA) is 0 Å². The van der Waals surface area contributed by atoms with E-state index < -0.39 is 9.52 Å². The van der Waals surface area contributed by atoms with Crippen molar-refractivity contribution in [2.45, 2.75) is 52.4 Å². The van der Waals surface area contributed by atoms with Gasteiger partial charge in [0.15, 0.2) is 0 Å². The average Bonchev–Trinajstić information content (AvgIpc) is 2.85. The monoisotopic (exact) mass is 472 g/mol. The predicted molar refractivity (Wildman–Crippen MR) is 104 cm³/mol. The zero-order valence-electron chi connectivity index (χ0n) is 16.3. The number of aryl methyl sites for hydroxylation is 2. The van der Waals surface area contributed by atoms with E-state index in [4.69, 9.17) is 0 Å². The third-order valence-corrected chi connectivity index (χ3v) is 6.52. The van der Waals surface area contributed by atoms with Gasteiger partial charge >= 0.3 is 21.7 Å². The second-order valence-corrected chi connectivity index (χ2v) is 8.81. The van der Waals surface area contributed by atoms with Gasteiger partial charge in [0, 0.05) is 0 Å². The molecule has 3 rings (SSSR count). The van der Waals surface area contributed by atoms with Gasteiger partial charge in [-0.3, -0.25) is 6.08 Å². The molecule has 0 radical (unpaired) electrons. The van der Waals surface area contributed by atoms with Crippen LogP contribution >= 0.6 is 0 Å². The molecule has 0 saturated carbocycles. The number of rotatable bonds is 6. The van der Waals surface area contributed by atoms with Crippen molar-refractivity contribution in [3.8, 4) is 0 Å². The van der Waals surface area contributed by atoms with Crippen LogP contribution in [0.4, 0.5) is 0 Å². The van der Waals surface area contributed by atoms with Crippen molar-refractivity contribution in [2.75, 3.05) is 0 Å². The van der Waals surface area contributed by atoms with Gasteiger partial charge in [-0.2, -0.15) is 5.56 Å². The van der Waals surface area contributed by atoms with Gasteiger partial charge in [0.25, 0.3) is 0 Å². The normalized spacial score (nSPS) is 14.3. The van der Waals surface area contributed by atoms with Gasteiger partial charge in [-0.25, -0.2) is 5.20 Å². The Morgan fingerprint density at radius 3 is 2.19 bits per heavy atom. The van der Waals surface area contributed by atoms with Crippen LogP contribution in [0.25, 0.3) is 5.20 Å². The number of hydrogen-bond acceptors (Lipinski definition) is 0.